The lowest BCUT2D eigenvalue weighted by molar-refractivity contribution is -0.159. The van der Waals surface area contributed by atoms with Crippen molar-refractivity contribution in [2.24, 2.45) is 0 Å². The van der Waals surface area contributed by atoms with Gasteiger partial charge >= 0.3 is 18.0 Å². The number of carboxylic acid groups (broad SMARTS) is 3. The average Bonchev–Trinajstić information content (AvgIpc) is 3.13. The van der Waals surface area contributed by atoms with Crippen molar-refractivity contribution >= 4 is 45.3 Å². The van der Waals surface area contributed by atoms with E-state index in [-0.39, 0.29) is 6.04 Å². The number of nitrogens with zero attached hydrogens (tertiary/aromatic N) is 4. The summed E-state index contributed by atoms with van der Waals surface area (Å²) in [5.41, 5.74) is 6.51. The van der Waals surface area contributed by atoms with Crippen molar-refractivity contribution in [1.82, 2.24) is 19.3 Å². The van der Waals surface area contributed by atoms with Crippen LogP contribution < -0.4 is 5.73 Å². The molecule has 25 heavy (non-hydrogen) atoms. The van der Waals surface area contributed by atoms with Gasteiger partial charge in [0.15, 0.2) is 5.82 Å². The van der Waals surface area contributed by atoms with Gasteiger partial charge in [-0.15, -0.1) is 0 Å². The van der Waals surface area contributed by atoms with Crippen LogP contribution in [0.3, 0.4) is 0 Å². The number of rotatable bonds is 1. The van der Waals surface area contributed by atoms with Crippen molar-refractivity contribution in [3.8, 4) is 0 Å². The minimum absolute atomic E-state index is 0.238. The van der Waals surface area contributed by atoms with Crippen LogP contribution in [-0.2, 0) is 9.59 Å². The number of likely N-dealkylation sites (tertiary alicyclic amines) is 1. The number of anilines is 1. The largest absolute Gasteiger partial charge is 0.473 e. The van der Waals surface area contributed by atoms with Gasteiger partial charge in [0.05, 0.1) is 6.04 Å². The van der Waals surface area contributed by atoms with Gasteiger partial charge < -0.3 is 21.1 Å². The van der Waals surface area contributed by atoms with Crippen LogP contribution in [0.4, 0.5) is 10.6 Å². The quantitative estimate of drug-likeness (QED) is 0.496. The first-order chi connectivity index (χ1) is 11.7. The van der Waals surface area contributed by atoms with E-state index in [1.54, 1.807) is 16.8 Å². The minimum Gasteiger partial charge on any atom is -0.473 e. The average molecular weight is 416 g/mol. The summed E-state index contributed by atoms with van der Waals surface area (Å²) in [5.74, 6) is -2.60. The predicted octanol–water partition coefficient (Wildman–Crippen LogP) is 1.04. The van der Waals surface area contributed by atoms with Gasteiger partial charge in [-0.3, -0.25) is 9.30 Å². The van der Waals surface area contributed by atoms with E-state index < -0.39 is 18.0 Å². The third-order valence-electron chi connectivity index (χ3n) is 3.55. The maximum absolute atomic E-state index is 11.2. The summed E-state index contributed by atoms with van der Waals surface area (Å²) < 4.78 is 2.39. The van der Waals surface area contributed by atoms with Crippen molar-refractivity contribution in [1.29, 1.82) is 0 Å². The second-order valence-corrected chi connectivity index (χ2v) is 5.79. The van der Waals surface area contributed by atoms with Crippen LogP contribution in [0.15, 0.2) is 17.0 Å². The lowest BCUT2D eigenvalue weighted by Crippen LogP contribution is -2.29. The third-order valence-corrected chi connectivity index (χ3v) is 4.10. The number of nitrogens with two attached hydrogens (primary N) is 1. The molecule has 1 unspecified atom stereocenters. The lowest BCUT2D eigenvalue weighted by atomic mass is 10.2. The highest BCUT2D eigenvalue weighted by Gasteiger charge is 2.33. The highest BCUT2D eigenvalue weighted by atomic mass is 79.9. The summed E-state index contributed by atoms with van der Waals surface area (Å²) in [5, 5.41) is 24.0. The molecule has 134 valence electrons. The first kappa shape index (κ1) is 18.4. The number of nitrogen functional groups attached to an aromatic ring is 1. The van der Waals surface area contributed by atoms with E-state index in [1.165, 1.54) is 4.90 Å². The number of halogens is 1. The normalized spacial score (nSPS) is 16.4. The Labute approximate surface area is 148 Å². The second kappa shape index (κ2) is 7.34. The molecule has 0 aliphatic carbocycles. The molecule has 3 heterocycles. The molecule has 0 radical (unpaired) electrons. The Bertz CT molecular complexity index is 826. The van der Waals surface area contributed by atoms with Gasteiger partial charge in [-0.1, -0.05) is 0 Å². The van der Waals surface area contributed by atoms with Gasteiger partial charge in [0, 0.05) is 18.9 Å². The van der Waals surface area contributed by atoms with E-state index in [2.05, 4.69) is 25.9 Å². The van der Waals surface area contributed by atoms with Gasteiger partial charge in [-0.05, 0) is 28.8 Å². The van der Waals surface area contributed by atoms with Crippen molar-refractivity contribution in [2.75, 3.05) is 12.3 Å². The van der Waals surface area contributed by atoms with E-state index in [1.807, 2.05) is 0 Å². The van der Waals surface area contributed by atoms with Crippen LogP contribution in [-0.4, -0.2) is 59.2 Å². The standard InChI is InChI=1S/C11H12BrN5O2.C2H2O4/c12-8-7-9(13)14-3-5-17(7)10(15-8)6-2-1-4-16(6)11(18)19;3-1(4)2(5)6/h3,5-6H,1-2,4H2,(H2,13,14)(H,18,19);(H,3,4)(H,5,6). The number of carboxylic acids is 2. The predicted molar refractivity (Wildman–Crippen MR) is 87.1 cm³/mol. The molecule has 2 aromatic rings. The van der Waals surface area contributed by atoms with Crippen LogP contribution in [0.1, 0.15) is 24.7 Å². The second-order valence-electron chi connectivity index (χ2n) is 5.04. The molecule has 0 aromatic carbocycles. The Kier molecular flexibility index (Phi) is 5.41. The molecule has 1 saturated heterocycles. The van der Waals surface area contributed by atoms with Gasteiger partial charge in [0.2, 0.25) is 0 Å². The number of amides is 1. The van der Waals surface area contributed by atoms with Gasteiger partial charge in [-0.2, -0.15) is 0 Å². The van der Waals surface area contributed by atoms with Crippen LogP contribution in [0.25, 0.3) is 5.52 Å². The highest BCUT2D eigenvalue weighted by molar-refractivity contribution is 9.10. The molecule has 1 amide bonds. The molecule has 3 rings (SSSR count). The molecule has 12 heteroatoms. The number of hydrogen-bond acceptors (Lipinski definition) is 6. The van der Waals surface area contributed by atoms with Crippen molar-refractivity contribution in [3.05, 3.63) is 22.8 Å². The summed E-state index contributed by atoms with van der Waals surface area (Å²) >= 11 is 3.35. The topological polar surface area (TPSA) is 171 Å². The van der Waals surface area contributed by atoms with Crippen LogP contribution in [0, 0.1) is 0 Å². The maximum Gasteiger partial charge on any atom is 0.414 e. The molecule has 1 atom stereocenters. The molecule has 5 N–H and O–H groups in total. The number of hydrogen-bond donors (Lipinski definition) is 4. The van der Waals surface area contributed by atoms with E-state index in [4.69, 9.17) is 25.5 Å². The molecule has 1 fully saturated rings. The highest BCUT2D eigenvalue weighted by Crippen LogP contribution is 2.34. The van der Waals surface area contributed by atoms with Crippen LogP contribution in [0.2, 0.25) is 0 Å². The molecule has 0 bridgehead atoms. The van der Waals surface area contributed by atoms with Crippen molar-refractivity contribution in [2.45, 2.75) is 18.9 Å². The summed E-state index contributed by atoms with van der Waals surface area (Å²) in [7, 11) is 0. The Balaban J connectivity index is 0.000000326. The summed E-state index contributed by atoms with van der Waals surface area (Å²) in [6, 6.07) is -0.238. The molecule has 11 nitrogen and oxygen atoms in total. The fraction of sp³-hybridized carbons (Fsp3) is 0.308. The molecule has 0 saturated carbocycles. The molecule has 1 aliphatic rings. The van der Waals surface area contributed by atoms with Crippen LogP contribution >= 0.6 is 15.9 Å². The Hall–Kier alpha value is -2.89. The first-order valence-electron chi connectivity index (χ1n) is 6.97. The number of carbonyl (C=O) groups is 3. The fourth-order valence-corrected chi connectivity index (χ4v) is 3.12. The number of imidazole rings is 1. The molecule has 2 aromatic heterocycles. The fourth-order valence-electron chi connectivity index (χ4n) is 2.54. The maximum atomic E-state index is 11.2. The zero-order valence-corrected chi connectivity index (χ0v) is 14.2. The third kappa shape index (κ3) is 3.79. The minimum atomic E-state index is -1.82. The van der Waals surface area contributed by atoms with Crippen LogP contribution in [0.5, 0.6) is 0 Å². The van der Waals surface area contributed by atoms with Gasteiger partial charge in [0.1, 0.15) is 15.9 Å². The monoisotopic (exact) mass is 415 g/mol. The summed E-state index contributed by atoms with van der Waals surface area (Å²) in [4.78, 5) is 39.3. The van der Waals surface area contributed by atoms with E-state index in [0.717, 1.165) is 12.8 Å². The van der Waals surface area contributed by atoms with Crippen molar-refractivity contribution in [3.63, 3.8) is 0 Å². The van der Waals surface area contributed by atoms with Gasteiger partial charge in [-0.25, -0.2) is 24.4 Å². The van der Waals surface area contributed by atoms with Crippen molar-refractivity contribution < 1.29 is 29.7 Å². The zero-order valence-electron chi connectivity index (χ0n) is 12.7. The Morgan fingerprint density at radius 3 is 2.44 bits per heavy atom. The SMILES string of the molecule is Nc1nccn2c(C3CCCN3C(=O)O)nc(Br)c12.O=C(O)C(=O)O. The summed E-state index contributed by atoms with van der Waals surface area (Å²) in [6.07, 6.45) is 4.01. The number of aliphatic carboxylic acids is 2. The number of aromatic nitrogens is 3. The van der Waals surface area contributed by atoms with E-state index in [9.17, 15) is 9.90 Å². The molecular formula is C13H14BrN5O6. The molecule has 1 aliphatic heterocycles. The zero-order chi connectivity index (χ0) is 18.7. The Morgan fingerprint density at radius 1 is 1.24 bits per heavy atom. The first-order valence-corrected chi connectivity index (χ1v) is 7.77. The smallest absolute Gasteiger partial charge is 0.414 e. The Morgan fingerprint density at radius 2 is 1.88 bits per heavy atom. The molecule has 0 spiro atoms. The van der Waals surface area contributed by atoms with Gasteiger partial charge in [0.25, 0.3) is 0 Å². The lowest BCUT2D eigenvalue weighted by Gasteiger charge is -2.20. The number of fused-ring (bicyclic) bond motifs is 1. The summed E-state index contributed by atoms with van der Waals surface area (Å²) in [6.45, 7) is 0.535. The van der Waals surface area contributed by atoms with E-state index in [0.29, 0.717) is 28.3 Å². The van der Waals surface area contributed by atoms with E-state index >= 15 is 0 Å². The molecular weight excluding hydrogens is 402 g/mol.